The van der Waals surface area contributed by atoms with Gasteiger partial charge in [0, 0.05) is 11.5 Å². The predicted molar refractivity (Wildman–Crippen MR) is 55.9 cm³/mol. The molecule has 3 rings (SSSR count). The summed E-state index contributed by atoms with van der Waals surface area (Å²) < 4.78 is 10.1. The normalized spacial score (nSPS) is 11.0. The highest BCUT2D eigenvalue weighted by Gasteiger charge is 2.03. The topological polar surface area (TPSA) is 48.2 Å². The van der Waals surface area contributed by atoms with Gasteiger partial charge in [-0.2, -0.15) is 0 Å². The van der Waals surface area contributed by atoms with Crippen LogP contribution in [0.3, 0.4) is 0 Å². The summed E-state index contributed by atoms with van der Waals surface area (Å²) in [6.07, 6.45) is 1.66. The van der Waals surface area contributed by atoms with Crippen LogP contribution >= 0.6 is 0 Å². The Balaban J connectivity index is 2.38. The van der Waals surface area contributed by atoms with E-state index in [0.717, 1.165) is 22.0 Å². The third-order valence-corrected chi connectivity index (χ3v) is 2.35. The van der Waals surface area contributed by atoms with E-state index in [9.17, 15) is 0 Å². The zero-order valence-electron chi connectivity index (χ0n) is 8.10. The van der Waals surface area contributed by atoms with Crippen molar-refractivity contribution in [1.82, 2.24) is 10.1 Å². The summed E-state index contributed by atoms with van der Waals surface area (Å²) in [5.41, 5.74) is 1.40. The summed E-state index contributed by atoms with van der Waals surface area (Å²) in [7, 11) is 1.63. The third kappa shape index (κ3) is 1.22. The Morgan fingerprint density at radius 3 is 3.00 bits per heavy atom. The van der Waals surface area contributed by atoms with Crippen LogP contribution in [0.4, 0.5) is 0 Å². The van der Waals surface area contributed by atoms with Gasteiger partial charge in [0.1, 0.15) is 5.75 Å². The molecule has 0 saturated heterocycles. The zero-order valence-corrected chi connectivity index (χ0v) is 8.10. The molecule has 0 saturated carbocycles. The molecule has 0 N–H and O–H groups in total. The Morgan fingerprint density at radius 1 is 1.20 bits per heavy atom. The van der Waals surface area contributed by atoms with Crippen molar-refractivity contribution in [2.75, 3.05) is 7.11 Å². The number of hydrogen-bond acceptors (Lipinski definition) is 4. The van der Waals surface area contributed by atoms with E-state index in [2.05, 4.69) is 10.1 Å². The van der Waals surface area contributed by atoms with Crippen molar-refractivity contribution >= 4 is 22.0 Å². The van der Waals surface area contributed by atoms with Crippen LogP contribution < -0.4 is 4.74 Å². The Labute approximate surface area is 85.5 Å². The van der Waals surface area contributed by atoms with Crippen LogP contribution in [0.15, 0.2) is 35.0 Å². The van der Waals surface area contributed by atoms with Gasteiger partial charge in [-0.1, -0.05) is 5.16 Å². The van der Waals surface area contributed by atoms with Gasteiger partial charge in [0.15, 0.2) is 0 Å². The van der Waals surface area contributed by atoms with Gasteiger partial charge in [-0.05, 0) is 18.2 Å². The minimum absolute atomic E-state index is 0.552. The molecule has 3 aromatic rings. The fourth-order valence-corrected chi connectivity index (χ4v) is 1.57. The average molecular weight is 200 g/mol. The van der Waals surface area contributed by atoms with Crippen LogP contribution in [-0.4, -0.2) is 17.3 Å². The molecule has 4 heteroatoms. The highest BCUT2D eigenvalue weighted by Crippen LogP contribution is 2.22. The second-order valence-electron chi connectivity index (χ2n) is 3.27. The summed E-state index contributed by atoms with van der Waals surface area (Å²) in [5, 5.41) is 5.66. The van der Waals surface area contributed by atoms with E-state index in [-0.39, 0.29) is 0 Å². The zero-order chi connectivity index (χ0) is 10.3. The number of fused-ring (bicyclic) bond motifs is 2. The number of ether oxygens (including phenoxy) is 1. The fourth-order valence-electron chi connectivity index (χ4n) is 1.57. The second kappa shape index (κ2) is 2.95. The molecular weight excluding hydrogens is 192 g/mol. The molecule has 0 aliphatic rings. The quantitative estimate of drug-likeness (QED) is 0.605. The lowest BCUT2D eigenvalue weighted by Crippen LogP contribution is -1.84. The number of aromatic nitrogens is 2. The maximum absolute atomic E-state index is 5.13. The Bertz CT molecular complexity index is 631. The van der Waals surface area contributed by atoms with E-state index in [1.54, 1.807) is 13.3 Å². The van der Waals surface area contributed by atoms with E-state index >= 15 is 0 Å². The number of benzene rings is 1. The van der Waals surface area contributed by atoms with Crippen molar-refractivity contribution in [1.29, 1.82) is 0 Å². The molecule has 74 valence electrons. The molecule has 0 amide bonds. The van der Waals surface area contributed by atoms with Crippen molar-refractivity contribution in [3.63, 3.8) is 0 Å². The van der Waals surface area contributed by atoms with E-state index in [1.807, 2.05) is 24.3 Å². The third-order valence-electron chi connectivity index (χ3n) is 2.35. The first kappa shape index (κ1) is 8.23. The standard InChI is InChI=1S/C11H8N2O2/c1-14-9-3-2-7-4-8-6-12-15-11(8)13-10(7)5-9/h2-6H,1H3. The van der Waals surface area contributed by atoms with Crippen LogP contribution in [0.5, 0.6) is 5.75 Å². The minimum Gasteiger partial charge on any atom is -0.497 e. The molecule has 15 heavy (non-hydrogen) atoms. The van der Waals surface area contributed by atoms with Crippen LogP contribution in [0.1, 0.15) is 0 Å². The number of pyridine rings is 1. The first-order valence-corrected chi connectivity index (χ1v) is 4.56. The van der Waals surface area contributed by atoms with E-state index in [0.29, 0.717) is 5.71 Å². The number of methoxy groups -OCH3 is 1. The fraction of sp³-hybridized carbons (Fsp3) is 0.0909. The molecular formula is C11H8N2O2. The van der Waals surface area contributed by atoms with E-state index in [4.69, 9.17) is 9.26 Å². The van der Waals surface area contributed by atoms with Crippen molar-refractivity contribution in [2.45, 2.75) is 0 Å². The number of rotatable bonds is 1. The molecule has 0 radical (unpaired) electrons. The lowest BCUT2D eigenvalue weighted by Gasteiger charge is -2.00. The van der Waals surface area contributed by atoms with Crippen molar-refractivity contribution in [2.24, 2.45) is 0 Å². The summed E-state index contributed by atoms with van der Waals surface area (Å²) in [6.45, 7) is 0. The first-order chi connectivity index (χ1) is 7.36. The maximum Gasteiger partial charge on any atom is 0.258 e. The largest absolute Gasteiger partial charge is 0.497 e. The van der Waals surface area contributed by atoms with Crippen molar-refractivity contribution in [3.05, 3.63) is 30.5 Å². The molecule has 0 aliphatic heterocycles. The van der Waals surface area contributed by atoms with Crippen LogP contribution in [0.25, 0.3) is 22.0 Å². The Morgan fingerprint density at radius 2 is 2.13 bits per heavy atom. The smallest absolute Gasteiger partial charge is 0.258 e. The van der Waals surface area contributed by atoms with E-state index < -0.39 is 0 Å². The number of nitrogens with zero attached hydrogens (tertiary/aromatic N) is 2. The van der Waals surface area contributed by atoms with Gasteiger partial charge in [-0.15, -0.1) is 0 Å². The Kier molecular flexibility index (Phi) is 1.62. The lowest BCUT2D eigenvalue weighted by atomic mass is 10.2. The van der Waals surface area contributed by atoms with Gasteiger partial charge in [0.05, 0.1) is 24.2 Å². The molecule has 0 aliphatic carbocycles. The highest BCUT2D eigenvalue weighted by molar-refractivity contribution is 5.90. The predicted octanol–water partition coefficient (Wildman–Crippen LogP) is 2.38. The summed E-state index contributed by atoms with van der Waals surface area (Å²) in [6, 6.07) is 7.74. The monoisotopic (exact) mass is 200 g/mol. The molecule has 0 bridgehead atoms. The first-order valence-electron chi connectivity index (χ1n) is 4.56. The van der Waals surface area contributed by atoms with Crippen LogP contribution in [-0.2, 0) is 0 Å². The van der Waals surface area contributed by atoms with Gasteiger partial charge < -0.3 is 9.26 Å². The number of hydrogen-bond donors (Lipinski definition) is 0. The Hall–Kier alpha value is -2.10. The summed E-state index contributed by atoms with van der Waals surface area (Å²) in [4.78, 5) is 4.34. The van der Waals surface area contributed by atoms with Gasteiger partial charge in [0.25, 0.3) is 5.71 Å². The molecule has 4 nitrogen and oxygen atoms in total. The summed E-state index contributed by atoms with van der Waals surface area (Å²) >= 11 is 0. The lowest BCUT2D eigenvalue weighted by molar-refractivity contribution is 0.415. The summed E-state index contributed by atoms with van der Waals surface area (Å²) in [5.74, 6) is 0.786. The molecule has 1 aromatic carbocycles. The van der Waals surface area contributed by atoms with Gasteiger partial charge in [-0.3, -0.25) is 0 Å². The van der Waals surface area contributed by atoms with Crippen molar-refractivity contribution < 1.29 is 9.26 Å². The molecule has 2 heterocycles. The van der Waals surface area contributed by atoms with Gasteiger partial charge >= 0.3 is 0 Å². The van der Waals surface area contributed by atoms with E-state index in [1.165, 1.54) is 0 Å². The second-order valence-corrected chi connectivity index (χ2v) is 3.27. The van der Waals surface area contributed by atoms with Crippen LogP contribution in [0.2, 0.25) is 0 Å². The van der Waals surface area contributed by atoms with Gasteiger partial charge in [-0.25, -0.2) is 4.98 Å². The molecule has 0 unspecified atom stereocenters. The maximum atomic E-state index is 5.13. The highest BCUT2D eigenvalue weighted by atomic mass is 16.5. The molecule has 0 atom stereocenters. The SMILES string of the molecule is COc1ccc2cc3cnoc3nc2c1. The average Bonchev–Trinajstić information content (AvgIpc) is 2.72. The van der Waals surface area contributed by atoms with Crippen molar-refractivity contribution in [3.8, 4) is 5.75 Å². The molecule has 2 aromatic heterocycles. The molecule has 0 fully saturated rings. The minimum atomic E-state index is 0.552. The van der Waals surface area contributed by atoms with Crippen LogP contribution in [0, 0.1) is 0 Å². The molecule has 0 spiro atoms. The van der Waals surface area contributed by atoms with Gasteiger partial charge in [0.2, 0.25) is 0 Å².